The molecule has 2 aromatic rings. The van der Waals surface area contributed by atoms with Crippen molar-refractivity contribution in [3.63, 3.8) is 0 Å². The van der Waals surface area contributed by atoms with Gasteiger partial charge in [0.2, 0.25) is 11.7 Å². The van der Waals surface area contributed by atoms with Gasteiger partial charge in [-0.3, -0.25) is 4.79 Å². The largest absolute Gasteiger partial charge is 0.435 e. The van der Waals surface area contributed by atoms with Gasteiger partial charge in [0.1, 0.15) is 17.7 Å². The molecule has 0 fully saturated rings. The normalized spacial score (nSPS) is 22.2. The van der Waals surface area contributed by atoms with Crippen LogP contribution in [-0.4, -0.2) is 15.7 Å². The predicted octanol–water partition coefficient (Wildman–Crippen LogP) is 3.15. The molecule has 0 aliphatic heterocycles. The Labute approximate surface area is 151 Å². The minimum Gasteiger partial charge on any atom is -0.369 e. The Morgan fingerprint density at radius 1 is 1.30 bits per heavy atom. The summed E-state index contributed by atoms with van der Waals surface area (Å²) in [6, 6.07) is 9.85. The number of nitriles is 1. The number of amides is 1. The van der Waals surface area contributed by atoms with Gasteiger partial charge in [0.05, 0.1) is 0 Å². The maximum atomic E-state index is 16.4. The lowest BCUT2D eigenvalue weighted by Gasteiger charge is -2.35. The summed E-state index contributed by atoms with van der Waals surface area (Å²) in [6.45, 7) is 0. The standard InChI is InChI=1S/C18H12F4N4O/c19-17(26-12(10-23)9-15(25-26)18(20,21)22)13(11-5-2-1-3-6-11)7-4-8-14(17)16(24)27/h1-9,14H,(H2,24,27). The zero-order chi connectivity index (χ0) is 19.8. The molecular formula is C18H12F4N4O. The van der Waals surface area contributed by atoms with Gasteiger partial charge in [-0.2, -0.15) is 23.5 Å². The average Bonchev–Trinajstić information content (AvgIpc) is 3.08. The molecule has 1 heterocycles. The van der Waals surface area contributed by atoms with Gasteiger partial charge >= 0.3 is 6.18 Å². The smallest absolute Gasteiger partial charge is 0.369 e. The summed E-state index contributed by atoms with van der Waals surface area (Å²) in [5, 5.41) is 12.5. The number of nitrogens with zero attached hydrogens (tertiary/aromatic N) is 3. The highest BCUT2D eigenvalue weighted by molar-refractivity contribution is 5.86. The first-order chi connectivity index (χ1) is 12.7. The molecule has 1 aliphatic carbocycles. The van der Waals surface area contributed by atoms with Crippen LogP contribution in [0.5, 0.6) is 0 Å². The van der Waals surface area contributed by atoms with Crippen molar-refractivity contribution >= 4 is 11.5 Å². The second-order valence-electron chi connectivity index (χ2n) is 5.82. The Morgan fingerprint density at radius 3 is 2.52 bits per heavy atom. The molecule has 2 N–H and O–H groups in total. The summed E-state index contributed by atoms with van der Waals surface area (Å²) in [6.07, 6.45) is -1.07. The topological polar surface area (TPSA) is 84.7 Å². The number of hydrogen-bond acceptors (Lipinski definition) is 3. The summed E-state index contributed by atoms with van der Waals surface area (Å²) in [4.78, 5) is 11.9. The van der Waals surface area contributed by atoms with Crippen molar-refractivity contribution in [2.45, 2.75) is 12.0 Å². The third-order valence-corrected chi connectivity index (χ3v) is 4.17. The van der Waals surface area contributed by atoms with Crippen molar-refractivity contribution < 1.29 is 22.4 Å². The molecule has 1 aromatic heterocycles. The molecular weight excluding hydrogens is 364 g/mol. The highest BCUT2D eigenvalue weighted by atomic mass is 19.4. The highest BCUT2D eigenvalue weighted by Crippen LogP contribution is 2.45. The van der Waals surface area contributed by atoms with Gasteiger partial charge in [-0.15, -0.1) is 0 Å². The van der Waals surface area contributed by atoms with E-state index < -0.39 is 35.2 Å². The summed E-state index contributed by atoms with van der Waals surface area (Å²) in [7, 11) is 0. The second-order valence-corrected chi connectivity index (χ2v) is 5.82. The van der Waals surface area contributed by atoms with Crippen molar-refractivity contribution in [3.8, 4) is 6.07 Å². The van der Waals surface area contributed by atoms with Crippen molar-refractivity contribution in [2.24, 2.45) is 11.7 Å². The number of allylic oxidation sites excluding steroid dienone is 3. The lowest BCUT2D eigenvalue weighted by molar-refractivity contribution is -0.142. The third kappa shape index (κ3) is 2.99. The van der Waals surface area contributed by atoms with E-state index in [1.54, 1.807) is 18.2 Å². The fourth-order valence-electron chi connectivity index (χ4n) is 2.97. The summed E-state index contributed by atoms with van der Waals surface area (Å²) < 4.78 is 55.8. The van der Waals surface area contributed by atoms with Crippen LogP contribution in [0, 0.1) is 17.2 Å². The van der Waals surface area contributed by atoms with Crippen LogP contribution in [0.2, 0.25) is 0 Å². The summed E-state index contributed by atoms with van der Waals surface area (Å²) in [5.74, 6) is -5.68. The summed E-state index contributed by atoms with van der Waals surface area (Å²) >= 11 is 0. The number of aromatic nitrogens is 2. The SMILES string of the molecule is N#Cc1cc(C(F)(F)F)nn1C1(F)C(c2ccccc2)=CC=CC1C(N)=O. The van der Waals surface area contributed by atoms with E-state index in [0.29, 0.717) is 11.6 Å². The number of alkyl halides is 4. The summed E-state index contributed by atoms with van der Waals surface area (Å²) in [5.41, 5.74) is 3.34. The predicted molar refractivity (Wildman–Crippen MR) is 87.3 cm³/mol. The molecule has 5 nitrogen and oxygen atoms in total. The van der Waals surface area contributed by atoms with Crippen molar-refractivity contribution in [3.05, 3.63) is 71.6 Å². The number of hydrogen-bond donors (Lipinski definition) is 1. The van der Waals surface area contributed by atoms with Crippen LogP contribution >= 0.6 is 0 Å². The van der Waals surface area contributed by atoms with E-state index in [0.717, 1.165) is 6.08 Å². The van der Waals surface area contributed by atoms with Crippen molar-refractivity contribution in [1.82, 2.24) is 9.78 Å². The Kier molecular flexibility index (Phi) is 4.35. The first kappa shape index (κ1) is 18.4. The molecule has 1 aliphatic rings. The number of carbonyl (C=O) groups is 1. The lowest BCUT2D eigenvalue weighted by atomic mass is 9.82. The number of rotatable bonds is 3. The van der Waals surface area contributed by atoms with Gasteiger partial charge in [0, 0.05) is 11.6 Å². The highest BCUT2D eigenvalue weighted by Gasteiger charge is 2.51. The maximum absolute atomic E-state index is 16.4. The molecule has 138 valence electrons. The monoisotopic (exact) mass is 376 g/mol. The Bertz CT molecular complexity index is 985. The van der Waals surface area contributed by atoms with E-state index in [1.807, 2.05) is 0 Å². The van der Waals surface area contributed by atoms with Gasteiger partial charge in [0.15, 0.2) is 5.69 Å². The molecule has 9 heteroatoms. The van der Waals surface area contributed by atoms with Crippen molar-refractivity contribution in [1.29, 1.82) is 5.26 Å². The van der Waals surface area contributed by atoms with Crippen LogP contribution in [0.15, 0.2) is 54.6 Å². The molecule has 1 amide bonds. The number of nitrogens with two attached hydrogens (primary N) is 1. The van der Waals surface area contributed by atoms with Crippen LogP contribution in [0.25, 0.3) is 5.57 Å². The van der Waals surface area contributed by atoms with Gasteiger partial charge in [-0.05, 0) is 5.56 Å². The minimum absolute atomic E-state index is 0.136. The molecule has 0 saturated heterocycles. The van der Waals surface area contributed by atoms with Crippen LogP contribution in [-0.2, 0) is 16.8 Å². The molecule has 2 atom stereocenters. The average molecular weight is 376 g/mol. The maximum Gasteiger partial charge on any atom is 0.435 e. The fourth-order valence-corrected chi connectivity index (χ4v) is 2.97. The van der Waals surface area contributed by atoms with Gasteiger partial charge < -0.3 is 5.73 Å². The number of halogens is 4. The Morgan fingerprint density at radius 2 is 1.96 bits per heavy atom. The van der Waals surface area contributed by atoms with E-state index in [-0.39, 0.29) is 10.3 Å². The molecule has 0 bridgehead atoms. The lowest BCUT2D eigenvalue weighted by Crippen LogP contribution is -2.46. The van der Waals surface area contributed by atoms with Crippen molar-refractivity contribution in [2.75, 3.05) is 0 Å². The number of carbonyl (C=O) groups excluding carboxylic acids is 1. The molecule has 1 aromatic carbocycles. The van der Waals surface area contributed by atoms with Gasteiger partial charge in [-0.1, -0.05) is 48.6 Å². The third-order valence-electron chi connectivity index (χ3n) is 4.17. The van der Waals surface area contributed by atoms with E-state index in [1.165, 1.54) is 30.4 Å². The Hall–Kier alpha value is -3.41. The van der Waals surface area contributed by atoms with Gasteiger partial charge in [-0.25, -0.2) is 9.07 Å². The molecule has 0 spiro atoms. The number of benzene rings is 1. The first-order valence-electron chi connectivity index (χ1n) is 7.70. The number of primary amides is 1. The molecule has 3 rings (SSSR count). The molecule has 0 radical (unpaired) electrons. The first-order valence-corrected chi connectivity index (χ1v) is 7.70. The van der Waals surface area contributed by atoms with Crippen LogP contribution in [0.3, 0.4) is 0 Å². The second kappa shape index (κ2) is 6.39. The van der Waals surface area contributed by atoms with E-state index in [9.17, 15) is 23.2 Å². The minimum atomic E-state index is -4.89. The van der Waals surface area contributed by atoms with Crippen LogP contribution in [0.1, 0.15) is 17.0 Å². The van der Waals surface area contributed by atoms with Gasteiger partial charge in [0.25, 0.3) is 0 Å². The van der Waals surface area contributed by atoms with Crippen LogP contribution in [0.4, 0.5) is 17.6 Å². The Balaban J connectivity index is 2.29. The molecule has 0 saturated carbocycles. The quantitative estimate of drug-likeness (QED) is 0.835. The zero-order valence-electron chi connectivity index (χ0n) is 13.6. The van der Waals surface area contributed by atoms with Crippen LogP contribution < -0.4 is 5.73 Å². The molecule has 27 heavy (non-hydrogen) atoms. The fraction of sp³-hybridized carbons (Fsp3) is 0.167. The van der Waals surface area contributed by atoms with E-state index >= 15 is 4.39 Å². The van der Waals surface area contributed by atoms with E-state index in [4.69, 9.17) is 5.73 Å². The zero-order valence-corrected chi connectivity index (χ0v) is 13.6. The van der Waals surface area contributed by atoms with E-state index in [2.05, 4.69) is 5.10 Å². The molecule has 2 unspecified atom stereocenters.